The van der Waals surface area contributed by atoms with Crippen LogP contribution in [0.25, 0.3) is 11.0 Å². The summed E-state index contributed by atoms with van der Waals surface area (Å²) in [5.74, 6) is 0.886. The summed E-state index contributed by atoms with van der Waals surface area (Å²) in [6.45, 7) is 6.36. The van der Waals surface area contributed by atoms with Gasteiger partial charge in [-0.15, -0.1) is 0 Å². The summed E-state index contributed by atoms with van der Waals surface area (Å²) in [7, 11) is 0. The molecule has 3 rings (SSSR count). The number of para-hydroxylation sites is 2. The van der Waals surface area contributed by atoms with Crippen LogP contribution in [-0.4, -0.2) is 15.7 Å². The molecule has 0 bridgehead atoms. The van der Waals surface area contributed by atoms with Crippen LogP contribution in [0.3, 0.4) is 0 Å². The van der Waals surface area contributed by atoms with E-state index in [4.69, 9.17) is 10.1 Å². The zero-order valence-electron chi connectivity index (χ0n) is 14.8. The highest BCUT2D eigenvalue weighted by atomic mass is 79.9. The Bertz CT molecular complexity index is 882. The lowest BCUT2D eigenvalue weighted by Gasteiger charge is -2.08. The van der Waals surface area contributed by atoms with Gasteiger partial charge in [-0.05, 0) is 43.2 Å². The van der Waals surface area contributed by atoms with Crippen LogP contribution >= 0.6 is 0 Å². The highest BCUT2D eigenvalue weighted by molar-refractivity contribution is 5.75. The van der Waals surface area contributed by atoms with Gasteiger partial charge in [0.2, 0.25) is 5.62 Å². The Kier molecular flexibility index (Phi) is 6.88. The summed E-state index contributed by atoms with van der Waals surface area (Å²) >= 11 is 0. The largest absolute Gasteiger partial charge is 1.00 e. The number of hydrogen-bond acceptors (Lipinski definition) is 2. The second-order valence-electron chi connectivity index (χ2n) is 6.13. The summed E-state index contributed by atoms with van der Waals surface area (Å²) in [6.07, 6.45) is 2.22. The molecule has 0 atom stereocenters. The van der Waals surface area contributed by atoms with Crippen LogP contribution in [-0.2, 0) is 13.1 Å². The number of halogens is 1. The predicted octanol–water partition coefficient (Wildman–Crippen LogP) is 1.11. The van der Waals surface area contributed by atoms with E-state index in [0.717, 1.165) is 36.2 Å². The van der Waals surface area contributed by atoms with Gasteiger partial charge in [0, 0.05) is 6.54 Å². The van der Waals surface area contributed by atoms with Crippen molar-refractivity contribution in [2.24, 2.45) is 0 Å². The van der Waals surface area contributed by atoms with E-state index in [9.17, 15) is 0 Å². The maximum absolute atomic E-state index is 8.54. The van der Waals surface area contributed by atoms with Crippen molar-refractivity contribution in [1.82, 2.24) is 9.13 Å². The fourth-order valence-corrected chi connectivity index (χ4v) is 3.02. The summed E-state index contributed by atoms with van der Waals surface area (Å²) in [5.41, 5.74) is 3.98. The van der Waals surface area contributed by atoms with Gasteiger partial charge >= 0.3 is 0 Å². The average Bonchev–Trinajstić information content (AvgIpc) is 2.85. The molecule has 0 aliphatic rings. The maximum atomic E-state index is 8.54. The summed E-state index contributed by atoms with van der Waals surface area (Å²) < 4.78 is 10.0. The van der Waals surface area contributed by atoms with Gasteiger partial charge in [-0.2, -0.15) is 0 Å². The van der Waals surface area contributed by atoms with Gasteiger partial charge in [0.15, 0.2) is 0 Å². The molecule has 134 valence electrons. The number of benzene rings is 2. The van der Waals surface area contributed by atoms with Crippen LogP contribution in [0.4, 0.5) is 0 Å². The molecular weight excluding hydrogens is 378 g/mol. The second-order valence-corrected chi connectivity index (χ2v) is 6.13. The van der Waals surface area contributed by atoms with E-state index in [-0.39, 0.29) is 17.0 Å². The number of nitrogens with one attached hydrogen (secondary N) is 1. The number of fused-ring (bicyclic) bond motifs is 1. The van der Waals surface area contributed by atoms with Crippen LogP contribution in [0.1, 0.15) is 25.3 Å². The Morgan fingerprint density at radius 3 is 2.28 bits per heavy atom. The third kappa shape index (κ3) is 4.34. The van der Waals surface area contributed by atoms with E-state index in [1.54, 1.807) is 0 Å². The molecule has 0 fully saturated rings. The Morgan fingerprint density at radius 2 is 1.64 bits per heavy atom. The highest BCUT2D eigenvalue weighted by Gasteiger charge is 2.10. The predicted molar refractivity (Wildman–Crippen MR) is 97.4 cm³/mol. The van der Waals surface area contributed by atoms with E-state index >= 15 is 0 Å². The van der Waals surface area contributed by atoms with Crippen LogP contribution in [0, 0.1) is 12.3 Å². The summed E-state index contributed by atoms with van der Waals surface area (Å²) in [4.78, 5) is 0. The standard InChI is InChI=1S/C20H25N3O.BrH/c1-3-4-12-22-18-10-5-6-11-19(18)23(20(22)21)13-14-24-17-9-7-8-16(2)15-17;/h5-11,15,21H,3-4,12-14H2,1-2H3;1H/p-1. The second kappa shape index (κ2) is 8.90. The first kappa shape index (κ1) is 19.3. The van der Waals surface area contributed by atoms with Gasteiger partial charge in [0.25, 0.3) is 0 Å². The fraction of sp³-hybridized carbons (Fsp3) is 0.350. The Hall–Kier alpha value is -2.01. The lowest BCUT2D eigenvalue weighted by molar-refractivity contribution is -0.00000576. The average molecular weight is 403 g/mol. The molecule has 0 aliphatic carbocycles. The van der Waals surface area contributed by atoms with Gasteiger partial charge < -0.3 is 30.9 Å². The maximum Gasteiger partial charge on any atom is 0.203 e. The van der Waals surface area contributed by atoms with E-state index in [1.807, 2.05) is 34.9 Å². The number of nitrogens with zero attached hydrogens (tertiary/aromatic N) is 2. The first-order chi connectivity index (χ1) is 11.7. The summed E-state index contributed by atoms with van der Waals surface area (Å²) in [6, 6.07) is 16.3. The number of hydrogen-bond donors (Lipinski definition) is 1. The van der Waals surface area contributed by atoms with E-state index < -0.39 is 0 Å². The Balaban J connectivity index is 0.00000225. The number of rotatable bonds is 7. The topological polar surface area (TPSA) is 42.9 Å². The quantitative estimate of drug-likeness (QED) is 0.631. The van der Waals surface area contributed by atoms with Gasteiger partial charge in [0.05, 0.1) is 17.6 Å². The van der Waals surface area contributed by atoms with E-state index in [2.05, 4.69) is 36.6 Å². The summed E-state index contributed by atoms with van der Waals surface area (Å²) in [5, 5.41) is 8.54. The van der Waals surface area contributed by atoms with Gasteiger partial charge in [-0.25, -0.2) is 0 Å². The minimum atomic E-state index is 0. The molecule has 1 aromatic heterocycles. The molecule has 0 radical (unpaired) electrons. The molecule has 0 amide bonds. The van der Waals surface area contributed by atoms with Crippen molar-refractivity contribution in [2.45, 2.75) is 39.8 Å². The molecule has 0 saturated carbocycles. The van der Waals surface area contributed by atoms with E-state index in [1.165, 1.54) is 5.56 Å². The van der Waals surface area contributed by atoms with Crippen LogP contribution in [0.5, 0.6) is 5.75 Å². The first-order valence-corrected chi connectivity index (χ1v) is 8.63. The molecule has 3 aromatic rings. The number of imidazole rings is 1. The monoisotopic (exact) mass is 402 g/mol. The molecule has 1 heterocycles. The highest BCUT2D eigenvalue weighted by Crippen LogP contribution is 2.15. The molecule has 0 saturated heterocycles. The zero-order valence-corrected chi connectivity index (χ0v) is 16.4. The third-order valence-corrected chi connectivity index (χ3v) is 4.28. The van der Waals surface area contributed by atoms with Gasteiger partial charge in [-0.3, -0.25) is 5.41 Å². The van der Waals surface area contributed by atoms with Crippen LogP contribution in [0.15, 0.2) is 48.5 Å². The van der Waals surface area contributed by atoms with Crippen LogP contribution < -0.4 is 27.3 Å². The normalized spacial score (nSPS) is 10.6. The van der Waals surface area contributed by atoms with Crippen molar-refractivity contribution < 1.29 is 21.7 Å². The minimum Gasteiger partial charge on any atom is -1.00 e. The SMILES string of the molecule is CCCCn1c(=N)n(CCOc2cccc(C)c2)c2ccccc21.[Br-]. The first-order valence-electron chi connectivity index (χ1n) is 8.63. The van der Waals surface area contributed by atoms with E-state index in [0.29, 0.717) is 18.8 Å². The zero-order chi connectivity index (χ0) is 16.9. The molecule has 25 heavy (non-hydrogen) atoms. The van der Waals surface area contributed by atoms with Crippen molar-refractivity contribution in [3.8, 4) is 5.75 Å². The Morgan fingerprint density at radius 1 is 0.960 bits per heavy atom. The van der Waals surface area contributed by atoms with Crippen molar-refractivity contribution in [3.63, 3.8) is 0 Å². The molecule has 2 aromatic carbocycles. The number of unbranched alkanes of at least 4 members (excludes halogenated alkanes) is 1. The molecule has 4 nitrogen and oxygen atoms in total. The minimum absolute atomic E-state index is 0. The lowest BCUT2D eigenvalue weighted by Crippen LogP contribution is -3.00. The number of aryl methyl sites for hydroxylation is 2. The van der Waals surface area contributed by atoms with Crippen molar-refractivity contribution in [3.05, 3.63) is 59.7 Å². The molecular formula is C20H25BrN3O-. The lowest BCUT2D eigenvalue weighted by atomic mass is 10.2. The molecule has 0 unspecified atom stereocenters. The molecule has 5 heteroatoms. The Labute approximate surface area is 159 Å². The van der Waals surface area contributed by atoms with Crippen LogP contribution in [0.2, 0.25) is 0 Å². The smallest absolute Gasteiger partial charge is 0.203 e. The van der Waals surface area contributed by atoms with Gasteiger partial charge in [0.1, 0.15) is 12.4 Å². The van der Waals surface area contributed by atoms with Gasteiger partial charge in [-0.1, -0.05) is 37.6 Å². The van der Waals surface area contributed by atoms with Crippen molar-refractivity contribution in [2.75, 3.05) is 6.61 Å². The number of aromatic nitrogens is 2. The molecule has 0 aliphatic heterocycles. The van der Waals surface area contributed by atoms with Crippen molar-refractivity contribution in [1.29, 1.82) is 5.41 Å². The van der Waals surface area contributed by atoms with Crippen molar-refractivity contribution >= 4 is 11.0 Å². The number of ether oxygens (including phenoxy) is 1. The fourth-order valence-electron chi connectivity index (χ4n) is 3.02. The molecule has 1 N–H and O–H groups in total. The third-order valence-electron chi connectivity index (χ3n) is 4.28. The molecule has 0 spiro atoms.